The molecule has 0 spiro atoms. The molecule has 0 aliphatic carbocycles. The van der Waals surface area contributed by atoms with E-state index in [0.29, 0.717) is 23.6 Å². The second-order valence-corrected chi connectivity index (χ2v) is 5.14. The number of nitrogens with zero attached hydrogens (tertiary/aromatic N) is 1. The first-order valence-corrected chi connectivity index (χ1v) is 6.99. The molecule has 1 aromatic carbocycles. The molecule has 6 nitrogen and oxygen atoms in total. The highest BCUT2D eigenvalue weighted by Gasteiger charge is 2.34. The fourth-order valence-electron chi connectivity index (χ4n) is 2.75. The zero-order chi connectivity index (χ0) is 15.4. The number of carbonyl (C=O) groups is 1. The van der Waals surface area contributed by atoms with Crippen LogP contribution >= 0.6 is 0 Å². The van der Waals surface area contributed by atoms with Gasteiger partial charge in [-0.2, -0.15) is 0 Å². The number of nitrogens with one attached hydrogen (secondary N) is 1. The minimum absolute atomic E-state index is 0.135. The quantitative estimate of drug-likeness (QED) is 0.848. The number of aliphatic carboxylic acids is 1. The van der Waals surface area contributed by atoms with Crippen LogP contribution in [-0.4, -0.2) is 55.9 Å². The molecule has 1 aliphatic rings. The van der Waals surface area contributed by atoms with Gasteiger partial charge in [-0.25, -0.2) is 0 Å². The van der Waals surface area contributed by atoms with Crippen molar-refractivity contribution in [2.24, 2.45) is 0 Å². The Bertz CT molecular complexity index is 506. The summed E-state index contributed by atoms with van der Waals surface area (Å²) in [6, 6.07) is 4.65. The Morgan fingerprint density at radius 3 is 2.76 bits per heavy atom. The Morgan fingerprint density at radius 2 is 2.19 bits per heavy atom. The minimum Gasteiger partial charge on any atom is -0.497 e. The van der Waals surface area contributed by atoms with Crippen LogP contribution in [0.15, 0.2) is 18.2 Å². The van der Waals surface area contributed by atoms with Gasteiger partial charge >= 0.3 is 5.97 Å². The number of hydrogen-bond acceptors (Lipinski definition) is 5. The van der Waals surface area contributed by atoms with Gasteiger partial charge in [-0.05, 0) is 25.1 Å². The largest absolute Gasteiger partial charge is 0.497 e. The third-order valence-corrected chi connectivity index (χ3v) is 3.85. The van der Waals surface area contributed by atoms with E-state index in [2.05, 4.69) is 5.32 Å². The molecule has 1 aliphatic heterocycles. The Hall–Kier alpha value is -1.79. The highest BCUT2D eigenvalue weighted by molar-refractivity contribution is 5.77. The molecule has 1 fully saturated rings. The molecule has 0 saturated carbocycles. The maximum Gasteiger partial charge on any atom is 0.325 e. The molecule has 1 heterocycles. The molecular weight excluding hydrogens is 272 g/mol. The summed E-state index contributed by atoms with van der Waals surface area (Å²) in [5.74, 6) is 0.309. The van der Waals surface area contributed by atoms with E-state index in [-0.39, 0.29) is 6.04 Å². The molecule has 2 unspecified atom stereocenters. The third-order valence-electron chi connectivity index (χ3n) is 3.85. The van der Waals surface area contributed by atoms with E-state index in [4.69, 9.17) is 9.47 Å². The highest BCUT2D eigenvalue weighted by Crippen LogP contribution is 2.34. The molecule has 0 bridgehead atoms. The van der Waals surface area contributed by atoms with Crippen LogP contribution in [0.25, 0.3) is 0 Å². The first-order chi connectivity index (χ1) is 10.1. The summed E-state index contributed by atoms with van der Waals surface area (Å²) in [5.41, 5.74) is 0.623. The normalized spacial score (nSPS) is 20.8. The summed E-state index contributed by atoms with van der Waals surface area (Å²) in [4.78, 5) is 13.8. The number of rotatable bonds is 5. The fourth-order valence-corrected chi connectivity index (χ4v) is 2.75. The number of carboxylic acid groups (broad SMARTS) is 1. The van der Waals surface area contributed by atoms with Gasteiger partial charge in [-0.3, -0.25) is 9.69 Å². The highest BCUT2D eigenvalue weighted by atomic mass is 16.5. The summed E-state index contributed by atoms with van der Waals surface area (Å²) in [7, 11) is 3.11. The van der Waals surface area contributed by atoms with Crippen molar-refractivity contribution in [3.8, 4) is 11.5 Å². The zero-order valence-corrected chi connectivity index (χ0v) is 12.6. The lowest BCUT2D eigenvalue weighted by atomic mass is 10.0. The van der Waals surface area contributed by atoms with Gasteiger partial charge in [-0.15, -0.1) is 0 Å². The van der Waals surface area contributed by atoms with Gasteiger partial charge in [0.25, 0.3) is 0 Å². The number of hydrogen-bond donors (Lipinski definition) is 2. The smallest absolute Gasteiger partial charge is 0.325 e. The monoisotopic (exact) mass is 294 g/mol. The Balaban J connectivity index is 2.44. The van der Waals surface area contributed by atoms with Crippen LogP contribution in [0.1, 0.15) is 18.5 Å². The molecule has 6 heteroatoms. The molecule has 116 valence electrons. The van der Waals surface area contributed by atoms with Crippen molar-refractivity contribution in [3.05, 3.63) is 23.8 Å². The van der Waals surface area contributed by atoms with Crippen LogP contribution in [0.3, 0.4) is 0 Å². The number of carboxylic acids is 1. The van der Waals surface area contributed by atoms with E-state index in [1.54, 1.807) is 32.4 Å². The summed E-state index contributed by atoms with van der Waals surface area (Å²) >= 11 is 0. The van der Waals surface area contributed by atoms with Crippen molar-refractivity contribution in [2.75, 3.05) is 33.9 Å². The van der Waals surface area contributed by atoms with Gasteiger partial charge in [0, 0.05) is 31.2 Å². The van der Waals surface area contributed by atoms with Crippen molar-refractivity contribution in [1.82, 2.24) is 10.2 Å². The Morgan fingerprint density at radius 1 is 1.43 bits per heavy atom. The van der Waals surface area contributed by atoms with Crippen molar-refractivity contribution >= 4 is 5.97 Å². The molecule has 1 aromatic rings. The van der Waals surface area contributed by atoms with Crippen molar-refractivity contribution < 1.29 is 19.4 Å². The van der Waals surface area contributed by atoms with Crippen LogP contribution < -0.4 is 14.8 Å². The average Bonchev–Trinajstić information content (AvgIpc) is 2.49. The molecule has 0 radical (unpaired) electrons. The SMILES string of the molecule is COc1ccc(OC)c(C(C(=O)O)N2CCNCC2C)c1. The van der Waals surface area contributed by atoms with Crippen LogP contribution in [0.4, 0.5) is 0 Å². The standard InChI is InChI=1S/C15H22N2O4/c1-10-9-16-6-7-17(10)14(15(18)19)12-8-11(20-2)4-5-13(12)21-3/h4-5,8,10,14,16H,6-7,9H2,1-3H3,(H,18,19). The van der Waals surface area contributed by atoms with E-state index >= 15 is 0 Å². The topological polar surface area (TPSA) is 71.0 Å². The minimum atomic E-state index is -0.879. The molecule has 0 amide bonds. The Labute approximate surface area is 124 Å². The molecule has 0 aromatic heterocycles. The maximum absolute atomic E-state index is 11.9. The number of piperazine rings is 1. The third kappa shape index (κ3) is 3.28. The maximum atomic E-state index is 11.9. The Kier molecular flexibility index (Phi) is 5.03. The predicted octanol–water partition coefficient (Wildman–Crippen LogP) is 1.12. The second kappa shape index (κ2) is 6.78. The van der Waals surface area contributed by atoms with Crippen LogP contribution in [0.5, 0.6) is 11.5 Å². The predicted molar refractivity (Wildman–Crippen MR) is 79.0 cm³/mol. The second-order valence-electron chi connectivity index (χ2n) is 5.14. The number of ether oxygens (including phenoxy) is 2. The van der Waals surface area contributed by atoms with E-state index in [9.17, 15) is 9.90 Å². The van der Waals surface area contributed by atoms with Crippen LogP contribution in [0, 0.1) is 0 Å². The average molecular weight is 294 g/mol. The van der Waals surface area contributed by atoms with E-state index in [0.717, 1.165) is 13.1 Å². The van der Waals surface area contributed by atoms with Gasteiger partial charge in [-0.1, -0.05) is 0 Å². The molecule has 2 N–H and O–H groups in total. The number of benzene rings is 1. The molecular formula is C15H22N2O4. The summed E-state index contributed by atoms with van der Waals surface area (Å²) in [6.07, 6.45) is 0. The lowest BCUT2D eigenvalue weighted by molar-refractivity contribution is -0.145. The van der Waals surface area contributed by atoms with Crippen molar-refractivity contribution in [1.29, 1.82) is 0 Å². The van der Waals surface area contributed by atoms with E-state index in [1.807, 2.05) is 11.8 Å². The zero-order valence-electron chi connectivity index (χ0n) is 12.6. The van der Waals surface area contributed by atoms with Gasteiger partial charge in [0.15, 0.2) is 0 Å². The van der Waals surface area contributed by atoms with E-state index < -0.39 is 12.0 Å². The van der Waals surface area contributed by atoms with Gasteiger partial charge in [0.1, 0.15) is 17.5 Å². The van der Waals surface area contributed by atoms with Gasteiger partial charge in [0.05, 0.1) is 14.2 Å². The van der Waals surface area contributed by atoms with Crippen molar-refractivity contribution in [3.63, 3.8) is 0 Å². The van der Waals surface area contributed by atoms with Gasteiger partial charge in [0.2, 0.25) is 0 Å². The molecule has 1 saturated heterocycles. The summed E-state index contributed by atoms with van der Waals surface area (Å²) in [6.45, 7) is 4.25. The summed E-state index contributed by atoms with van der Waals surface area (Å²) in [5, 5.41) is 13.0. The van der Waals surface area contributed by atoms with Crippen molar-refractivity contribution in [2.45, 2.75) is 19.0 Å². The first kappa shape index (κ1) is 15.6. The van der Waals surface area contributed by atoms with Crippen LogP contribution in [-0.2, 0) is 4.79 Å². The molecule has 2 rings (SSSR count). The molecule has 21 heavy (non-hydrogen) atoms. The van der Waals surface area contributed by atoms with E-state index in [1.165, 1.54) is 0 Å². The van der Waals surface area contributed by atoms with Gasteiger partial charge < -0.3 is 19.9 Å². The van der Waals surface area contributed by atoms with Crippen LogP contribution in [0.2, 0.25) is 0 Å². The first-order valence-electron chi connectivity index (χ1n) is 6.99. The molecule has 2 atom stereocenters. The lowest BCUT2D eigenvalue weighted by Crippen LogP contribution is -2.52. The summed E-state index contributed by atoms with van der Waals surface area (Å²) < 4.78 is 10.6. The fraction of sp³-hybridized carbons (Fsp3) is 0.533. The number of methoxy groups -OCH3 is 2. The lowest BCUT2D eigenvalue weighted by Gasteiger charge is -2.38.